The van der Waals surface area contributed by atoms with Gasteiger partial charge in [-0.1, -0.05) is 12.8 Å². The van der Waals surface area contributed by atoms with E-state index in [1.165, 1.54) is 0 Å². The molecule has 0 aromatic rings. The Labute approximate surface area is 112 Å². The van der Waals surface area contributed by atoms with E-state index in [4.69, 9.17) is 15.2 Å². The van der Waals surface area contributed by atoms with Gasteiger partial charge in [0.2, 0.25) is 5.88 Å². The van der Waals surface area contributed by atoms with Gasteiger partial charge in [0.05, 0.1) is 12.2 Å². The zero-order valence-electron chi connectivity index (χ0n) is 11.3. The molecule has 2 aliphatic rings. The molecule has 0 aromatic heterocycles. The Balaban J connectivity index is 2.54. The average Bonchev–Trinajstić information content (AvgIpc) is 2.79. The highest BCUT2D eigenvalue weighted by molar-refractivity contribution is 5.92. The lowest BCUT2D eigenvalue weighted by molar-refractivity contribution is -0.140. The van der Waals surface area contributed by atoms with E-state index in [1.54, 1.807) is 13.8 Å². The molecular formula is C14H18N2O3. The van der Waals surface area contributed by atoms with Gasteiger partial charge in [0.1, 0.15) is 17.4 Å². The summed E-state index contributed by atoms with van der Waals surface area (Å²) in [6.45, 7) is 3.76. The van der Waals surface area contributed by atoms with Crippen molar-refractivity contribution in [3.8, 4) is 6.07 Å². The molecule has 0 radical (unpaired) electrons. The van der Waals surface area contributed by atoms with E-state index in [-0.39, 0.29) is 5.88 Å². The molecule has 1 spiro atoms. The highest BCUT2D eigenvalue weighted by Gasteiger charge is 2.50. The topological polar surface area (TPSA) is 85.3 Å². The summed E-state index contributed by atoms with van der Waals surface area (Å²) in [6, 6.07) is 2.12. The molecule has 5 heteroatoms. The first kappa shape index (κ1) is 13.5. The summed E-state index contributed by atoms with van der Waals surface area (Å²) >= 11 is 0. The second kappa shape index (κ2) is 4.96. The number of nitriles is 1. The minimum atomic E-state index is -0.604. The number of nitrogens with two attached hydrogens (primary N) is 1. The summed E-state index contributed by atoms with van der Waals surface area (Å²) < 4.78 is 10.5. The summed E-state index contributed by atoms with van der Waals surface area (Å²) in [7, 11) is 0. The first-order valence-electron chi connectivity index (χ1n) is 6.53. The van der Waals surface area contributed by atoms with E-state index < -0.39 is 11.4 Å². The minimum absolute atomic E-state index is 0.120. The molecule has 2 N–H and O–H groups in total. The number of allylic oxidation sites excluding steroid dienone is 2. The fourth-order valence-electron chi connectivity index (χ4n) is 3.15. The van der Waals surface area contributed by atoms with Crippen LogP contribution in [0.25, 0.3) is 0 Å². The van der Waals surface area contributed by atoms with Crippen molar-refractivity contribution in [3.05, 3.63) is 22.8 Å². The van der Waals surface area contributed by atoms with E-state index in [2.05, 4.69) is 6.07 Å². The van der Waals surface area contributed by atoms with Crippen LogP contribution in [-0.2, 0) is 14.3 Å². The molecule has 0 saturated heterocycles. The maximum Gasteiger partial charge on any atom is 0.338 e. The van der Waals surface area contributed by atoms with Crippen molar-refractivity contribution in [1.29, 1.82) is 5.26 Å². The van der Waals surface area contributed by atoms with Gasteiger partial charge in [-0.2, -0.15) is 5.26 Å². The number of esters is 1. The summed E-state index contributed by atoms with van der Waals surface area (Å²) in [5, 5.41) is 9.36. The van der Waals surface area contributed by atoms with Crippen LogP contribution in [0.15, 0.2) is 22.8 Å². The maximum atomic E-state index is 12.2. The number of hydrogen-bond donors (Lipinski definition) is 1. The number of hydrogen-bond acceptors (Lipinski definition) is 5. The lowest BCUT2D eigenvalue weighted by Crippen LogP contribution is -2.35. The van der Waals surface area contributed by atoms with Crippen LogP contribution in [0.1, 0.15) is 39.5 Å². The van der Waals surface area contributed by atoms with Gasteiger partial charge in [-0.05, 0) is 26.7 Å². The fraction of sp³-hybridized carbons (Fsp3) is 0.571. The van der Waals surface area contributed by atoms with Crippen molar-refractivity contribution in [2.75, 3.05) is 6.61 Å². The Morgan fingerprint density at radius 2 is 2.16 bits per heavy atom. The van der Waals surface area contributed by atoms with Crippen molar-refractivity contribution in [2.45, 2.75) is 39.5 Å². The summed E-state index contributed by atoms with van der Waals surface area (Å²) in [4.78, 5) is 12.2. The Bertz CT molecular complexity index is 505. The largest absolute Gasteiger partial charge is 0.463 e. The van der Waals surface area contributed by atoms with Gasteiger partial charge >= 0.3 is 5.97 Å². The molecule has 0 amide bonds. The van der Waals surface area contributed by atoms with Crippen molar-refractivity contribution in [3.63, 3.8) is 0 Å². The molecule has 1 fully saturated rings. The zero-order chi connectivity index (χ0) is 14.0. The molecule has 1 aliphatic heterocycles. The Morgan fingerprint density at radius 3 is 2.68 bits per heavy atom. The second-order valence-electron chi connectivity index (χ2n) is 4.89. The molecule has 0 unspecified atom stereocenters. The van der Waals surface area contributed by atoms with Crippen molar-refractivity contribution in [2.24, 2.45) is 11.1 Å². The van der Waals surface area contributed by atoms with Crippen LogP contribution in [0.5, 0.6) is 0 Å². The van der Waals surface area contributed by atoms with Crippen LogP contribution in [-0.4, -0.2) is 12.6 Å². The number of rotatable bonds is 2. The molecular weight excluding hydrogens is 244 g/mol. The number of carbonyl (C=O) groups is 1. The molecule has 0 bridgehead atoms. The van der Waals surface area contributed by atoms with Gasteiger partial charge in [-0.25, -0.2) is 4.79 Å². The molecule has 1 heterocycles. The molecule has 19 heavy (non-hydrogen) atoms. The molecule has 0 aromatic carbocycles. The van der Waals surface area contributed by atoms with E-state index in [0.717, 1.165) is 25.7 Å². The van der Waals surface area contributed by atoms with E-state index in [1.807, 2.05) is 0 Å². The van der Waals surface area contributed by atoms with Crippen LogP contribution in [0.4, 0.5) is 0 Å². The van der Waals surface area contributed by atoms with Gasteiger partial charge in [0, 0.05) is 5.41 Å². The van der Waals surface area contributed by atoms with Crippen molar-refractivity contribution < 1.29 is 14.3 Å². The maximum absolute atomic E-state index is 12.2. The first-order chi connectivity index (χ1) is 9.06. The molecule has 2 rings (SSSR count). The third-order valence-electron chi connectivity index (χ3n) is 3.87. The molecule has 102 valence electrons. The van der Waals surface area contributed by atoms with Crippen LogP contribution < -0.4 is 5.73 Å². The zero-order valence-corrected chi connectivity index (χ0v) is 11.3. The summed E-state index contributed by atoms with van der Waals surface area (Å²) in [5.41, 5.74) is 6.06. The SMILES string of the molecule is CCOC(=O)C1=C(C)OC(N)=C(C#N)C12CCCC2. The Hall–Kier alpha value is -1.96. The average molecular weight is 262 g/mol. The van der Waals surface area contributed by atoms with Gasteiger partial charge < -0.3 is 15.2 Å². The Kier molecular flexibility index (Phi) is 3.52. The van der Waals surface area contributed by atoms with Gasteiger partial charge in [-0.15, -0.1) is 0 Å². The monoisotopic (exact) mass is 262 g/mol. The lowest BCUT2D eigenvalue weighted by Gasteiger charge is -2.35. The van der Waals surface area contributed by atoms with E-state index in [0.29, 0.717) is 23.5 Å². The third kappa shape index (κ3) is 1.97. The minimum Gasteiger partial charge on any atom is -0.463 e. The standard InChI is InChI=1S/C14H18N2O3/c1-3-18-13(17)11-9(2)19-12(16)10(8-15)14(11)6-4-5-7-14/h3-7,16H2,1-2H3. The lowest BCUT2D eigenvalue weighted by atomic mass is 9.71. The van der Waals surface area contributed by atoms with Crippen molar-refractivity contribution in [1.82, 2.24) is 0 Å². The number of nitrogens with zero attached hydrogens (tertiary/aromatic N) is 1. The molecule has 1 aliphatic carbocycles. The van der Waals surface area contributed by atoms with Gasteiger partial charge in [0.25, 0.3) is 0 Å². The highest BCUT2D eigenvalue weighted by Crippen LogP contribution is 2.53. The predicted molar refractivity (Wildman–Crippen MR) is 68.1 cm³/mol. The third-order valence-corrected chi connectivity index (χ3v) is 3.87. The Morgan fingerprint density at radius 1 is 1.53 bits per heavy atom. The molecule has 0 atom stereocenters. The molecule has 5 nitrogen and oxygen atoms in total. The van der Waals surface area contributed by atoms with Crippen LogP contribution >= 0.6 is 0 Å². The first-order valence-corrected chi connectivity index (χ1v) is 6.53. The highest BCUT2D eigenvalue weighted by atomic mass is 16.5. The summed E-state index contributed by atoms with van der Waals surface area (Å²) in [5.74, 6) is 0.175. The van der Waals surface area contributed by atoms with Crippen LogP contribution in [0, 0.1) is 16.7 Å². The van der Waals surface area contributed by atoms with E-state index in [9.17, 15) is 10.1 Å². The van der Waals surface area contributed by atoms with Crippen molar-refractivity contribution >= 4 is 5.97 Å². The smallest absolute Gasteiger partial charge is 0.338 e. The van der Waals surface area contributed by atoms with Gasteiger partial charge in [0.15, 0.2) is 0 Å². The summed E-state index contributed by atoms with van der Waals surface area (Å²) in [6.07, 6.45) is 3.42. The fourth-order valence-corrected chi connectivity index (χ4v) is 3.15. The quantitative estimate of drug-likeness (QED) is 0.770. The van der Waals surface area contributed by atoms with E-state index >= 15 is 0 Å². The molecule has 1 saturated carbocycles. The normalized spacial score (nSPS) is 21.3. The predicted octanol–water partition coefficient (Wildman–Crippen LogP) is 2.11. The number of ether oxygens (including phenoxy) is 2. The number of carbonyl (C=O) groups excluding carboxylic acids is 1. The van der Waals surface area contributed by atoms with Crippen LogP contribution in [0.3, 0.4) is 0 Å². The van der Waals surface area contributed by atoms with Crippen LogP contribution in [0.2, 0.25) is 0 Å². The van der Waals surface area contributed by atoms with Gasteiger partial charge in [-0.3, -0.25) is 0 Å². The second-order valence-corrected chi connectivity index (χ2v) is 4.89.